The highest BCUT2D eigenvalue weighted by Gasteiger charge is 2.11. The molecule has 10 heteroatoms. The van der Waals surface area contributed by atoms with E-state index in [0.717, 1.165) is 13.0 Å². The van der Waals surface area contributed by atoms with Gasteiger partial charge in [-0.1, -0.05) is 12.1 Å². The molecule has 0 fully saturated rings. The van der Waals surface area contributed by atoms with Crippen molar-refractivity contribution in [2.24, 2.45) is 0 Å². The molecule has 0 saturated heterocycles. The monoisotopic (exact) mass is 414 g/mol. The van der Waals surface area contributed by atoms with Crippen LogP contribution in [-0.2, 0) is 17.8 Å². The first kappa shape index (κ1) is 20.3. The van der Waals surface area contributed by atoms with Crippen molar-refractivity contribution in [3.8, 4) is 5.75 Å². The number of carbonyl (C=O) groups excluding carboxylic acids is 2. The van der Waals surface area contributed by atoms with Gasteiger partial charge < -0.3 is 19.9 Å². The standard InChI is InChI=1S/C19H22N6O3S/c1-28-16-6-3-2-5-15(16)23-18(27)24-19-22-14(12-29-19)11-17(26)21-7-4-9-25-10-8-20-13-25/h2-3,5-6,8,10,12-13H,4,7,9,11H2,1H3,(H,21,26)(H2,22,23,24,27). The summed E-state index contributed by atoms with van der Waals surface area (Å²) in [5.41, 5.74) is 1.16. The molecule has 2 aromatic heterocycles. The molecule has 0 unspecified atom stereocenters. The van der Waals surface area contributed by atoms with E-state index in [0.29, 0.717) is 28.8 Å². The van der Waals surface area contributed by atoms with Gasteiger partial charge in [-0.15, -0.1) is 11.3 Å². The van der Waals surface area contributed by atoms with Gasteiger partial charge in [-0.25, -0.2) is 14.8 Å². The highest BCUT2D eigenvalue weighted by atomic mass is 32.1. The van der Waals surface area contributed by atoms with Crippen LogP contribution in [0, 0.1) is 0 Å². The van der Waals surface area contributed by atoms with Crippen LogP contribution >= 0.6 is 11.3 Å². The summed E-state index contributed by atoms with van der Waals surface area (Å²) in [6, 6.07) is 6.68. The Kier molecular flexibility index (Phi) is 7.17. The predicted molar refractivity (Wildman–Crippen MR) is 111 cm³/mol. The second-order valence-electron chi connectivity index (χ2n) is 6.10. The number of carbonyl (C=O) groups is 2. The van der Waals surface area contributed by atoms with Crippen molar-refractivity contribution < 1.29 is 14.3 Å². The lowest BCUT2D eigenvalue weighted by molar-refractivity contribution is -0.120. The minimum absolute atomic E-state index is 0.106. The molecule has 0 atom stereocenters. The molecule has 0 aliphatic heterocycles. The summed E-state index contributed by atoms with van der Waals surface area (Å²) in [6.07, 6.45) is 6.33. The van der Waals surface area contributed by atoms with Crippen LogP contribution in [0.15, 0.2) is 48.4 Å². The molecule has 1 aromatic carbocycles. The molecule has 3 N–H and O–H groups in total. The minimum Gasteiger partial charge on any atom is -0.495 e. The van der Waals surface area contributed by atoms with Gasteiger partial charge in [0.05, 0.1) is 31.2 Å². The van der Waals surface area contributed by atoms with Crippen LogP contribution in [0.5, 0.6) is 5.75 Å². The fourth-order valence-corrected chi connectivity index (χ4v) is 3.28. The third kappa shape index (κ3) is 6.32. The second kappa shape index (κ2) is 10.2. The first-order valence-corrected chi connectivity index (χ1v) is 9.90. The van der Waals surface area contributed by atoms with Gasteiger partial charge in [-0.2, -0.15) is 0 Å². The van der Waals surface area contributed by atoms with Crippen molar-refractivity contribution in [2.45, 2.75) is 19.4 Å². The Hall–Kier alpha value is -3.40. The Morgan fingerprint density at radius 3 is 2.90 bits per heavy atom. The number of para-hydroxylation sites is 2. The highest BCUT2D eigenvalue weighted by molar-refractivity contribution is 7.14. The molecule has 0 bridgehead atoms. The van der Waals surface area contributed by atoms with E-state index in [9.17, 15) is 9.59 Å². The summed E-state index contributed by atoms with van der Waals surface area (Å²) >= 11 is 1.26. The van der Waals surface area contributed by atoms with E-state index in [1.54, 1.807) is 36.1 Å². The number of hydrogen-bond donors (Lipinski definition) is 3. The van der Waals surface area contributed by atoms with Crippen molar-refractivity contribution in [1.29, 1.82) is 0 Å². The van der Waals surface area contributed by atoms with Crippen LogP contribution < -0.4 is 20.7 Å². The van der Waals surface area contributed by atoms with Gasteiger partial charge in [0.1, 0.15) is 5.75 Å². The number of nitrogens with one attached hydrogen (secondary N) is 3. The third-order valence-electron chi connectivity index (χ3n) is 3.94. The summed E-state index contributed by atoms with van der Waals surface area (Å²) in [4.78, 5) is 32.5. The summed E-state index contributed by atoms with van der Waals surface area (Å²) in [6.45, 7) is 1.37. The Morgan fingerprint density at radius 2 is 2.10 bits per heavy atom. The van der Waals surface area contributed by atoms with E-state index in [-0.39, 0.29) is 12.3 Å². The summed E-state index contributed by atoms with van der Waals surface area (Å²) in [7, 11) is 1.54. The normalized spacial score (nSPS) is 10.4. The maximum Gasteiger partial charge on any atom is 0.325 e. The van der Waals surface area contributed by atoms with E-state index in [1.165, 1.54) is 18.4 Å². The maximum atomic E-state index is 12.2. The quantitative estimate of drug-likeness (QED) is 0.466. The van der Waals surface area contributed by atoms with Crippen LogP contribution in [0.4, 0.5) is 15.6 Å². The van der Waals surface area contributed by atoms with E-state index in [1.807, 2.05) is 16.8 Å². The number of benzene rings is 1. The Labute approximate surface area is 172 Å². The fourth-order valence-electron chi connectivity index (χ4n) is 2.58. The van der Waals surface area contributed by atoms with Gasteiger partial charge in [0.25, 0.3) is 0 Å². The fraction of sp³-hybridized carbons (Fsp3) is 0.263. The number of rotatable bonds is 9. The molecule has 3 amide bonds. The smallest absolute Gasteiger partial charge is 0.325 e. The number of nitrogens with zero attached hydrogens (tertiary/aromatic N) is 3. The van der Waals surface area contributed by atoms with Gasteiger partial charge in [0.2, 0.25) is 5.91 Å². The number of thiazole rings is 1. The SMILES string of the molecule is COc1ccccc1NC(=O)Nc1nc(CC(=O)NCCCn2ccnc2)cs1. The van der Waals surface area contributed by atoms with Crippen LogP contribution in [0.2, 0.25) is 0 Å². The van der Waals surface area contributed by atoms with Crippen molar-refractivity contribution >= 4 is 34.1 Å². The lowest BCUT2D eigenvalue weighted by atomic mass is 10.3. The molecule has 2 heterocycles. The zero-order valence-electron chi connectivity index (χ0n) is 15.9. The molecule has 29 heavy (non-hydrogen) atoms. The van der Waals surface area contributed by atoms with Gasteiger partial charge in [-0.05, 0) is 18.6 Å². The van der Waals surface area contributed by atoms with E-state index in [4.69, 9.17) is 4.74 Å². The maximum absolute atomic E-state index is 12.2. The third-order valence-corrected chi connectivity index (χ3v) is 4.75. The largest absolute Gasteiger partial charge is 0.495 e. The lowest BCUT2D eigenvalue weighted by Gasteiger charge is -2.09. The summed E-state index contributed by atoms with van der Waals surface area (Å²) in [5.74, 6) is 0.457. The molecule has 3 rings (SSSR count). The Bertz CT molecular complexity index is 941. The first-order chi connectivity index (χ1) is 14.1. The average molecular weight is 414 g/mol. The van der Waals surface area contributed by atoms with E-state index < -0.39 is 6.03 Å². The Morgan fingerprint density at radius 1 is 1.24 bits per heavy atom. The predicted octanol–water partition coefficient (Wildman–Crippen LogP) is 2.74. The number of aromatic nitrogens is 3. The van der Waals surface area contributed by atoms with Crippen molar-refractivity contribution in [3.63, 3.8) is 0 Å². The molecular weight excluding hydrogens is 392 g/mol. The number of ether oxygens (including phenoxy) is 1. The van der Waals surface area contributed by atoms with Gasteiger partial charge in [0.15, 0.2) is 5.13 Å². The molecule has 3 aromatic rings. The molecule has 0 spiro atoms. The zero-order valence-corrected chi connectivity index (χ0v) is 16.7. The van der Waals surface area contributed by atoms with Crippen molar-refractivity contribution in [3.05, 3.63) is 54.1 Å². The number of imidazole rings is 1. The Balaban J connectivity index is 1.41. The second-order valence-corrected chi connectivity index (χ2v) is 6.96. The van der Waals surface area contributed by atoms with E-state index in [2.05, 4.69) is 25.9 Å². The number of hydrogen-bond acceptors (Lipinski definition) is 6. The van der Waals surface area contributed by atoms with Gasteiger partial charge in [-0.3, -0.25) is 10.1 Å². The first-order valence-electron chi connectivity index (χ1n) is 9.02. The summed E-state index contributed by atoms with van der Waals surface area (Å²) < 4.78 is 7.16. The van der Waals surface area contributed by atoms with Crippen LogP contribution in [-0.4, -0.2) is 40.1 Å². The molecule has 0 aliphatic rings. The highest BCUT2D eigenvalue weighted by Crippen LogP contribution is 2.23. The van der Waals surface area contributed by atoms with Gasteiger partial charge in [0, 0.05) is 30.9 Å². The number of methoxy groups -OCH3 is 1. The zero-order chi connectivity index (χ0) is 20.5. The number of urea groups is 1. The van der Waals surface area contributed by atoms with Gasteiger partial charge >= 0.3 is 6.03 Å². The molecule has 9 nitrogen and oxygen atoms in total. The molecule has 0 saturated carbocycles. The summed E-state index contributed by atoms with van der Waals surface area (Å²) in [5, 5.41) is 10.4. The average Bonchev–Trinajstić information content (AvgIpc) is 3.38. The minimum atomic E-state index is -0.431. The number of anilines is 2. The lowest BCUT2D eigenvalue weighted by Crippen LogP contribution is -2.27. The molecular formula is C19H22N6O3S. The molecule has 152 valence electrons. The van der Waals surface area contributed by atoms with Crippen LogP contribution in [0.1, 0.15) is 12.1 Å². The number of aryl methyl sites for hydroxylation is 1. The molecule has 0 radical (unpaired) electrons. The van der Waals surface area contributed by atoms with Crippen molar-refractivity contribution in [1.82, 2.24) is 19.9 Å². The van der Waals surface area contributed by atoms with Crippen molar-refractivity contribution in [2.75, 3.05) is 24.3 Å². The molecule has 0 aliphatic carbocycles. The number of amides is 3. The van der Waals surface area contributed by atoms with E-state index >= 15 is 0 Å². The topological polar surface area (TPSA) is 110 Å². The van der Waals surface area contributed by atoms with Crippen LogP contribution in [0.25, 0.3) is 0 Å². The van der Waals surface area contributed by atoms with Crippen LogP contribution in [0.3, 0.4) is 0 Å².